The molecule has 1 aliphatic carbocycles. The quantitative estimate of drug-likeness (QED) is 0.767. The van der Waals surface area contributed by atoms with Crippen molar-refractivity contribution in [1.29, 1.82) is 0 Å². The summed E-state index contributed by atoms with van der Waals surface area (Å²) in [5.41, 5.74) is 1.44. The average molecular weight is 303 g/mol. The fourth-order valence-electron chi connectivity index (χ4n) is 2.55. The van der Waals surface area contributed by atoms with Crippen molar-refractivity contribution in [2.75, 3.05) is 7.11 Å². The Morgan fingerprint density at radius 3 is 2.68 bits per heavy atom. The highest BCUT2D eigenvalue weighted by Gasteiger charge is 2.31. The van der Waals surface area contributed by atoms with Gasteiger partial charge in [0.2, 0.25) is 5.76 Å². The predicted octanol–water partition coefficient (Wildman–Crippen LogP) is 3.37. The minimum atomic E-state index is -0.485. The van der Waals surface area contributed by atoms with Crippen LogP contribution in [-0.4, -0.2) is 24.0 Å². The summed E-state index contributed by atoms with van der Waals surface area (Å²) in [6.07, 6.45) is 3.68. The number of hydrogen-bond donors (Lipinski definition) is 0. The molecule has 22 heavy (non-hydrogen) atoms. The second kappa shape index (κ2) is 6.32. The molecule has 0 amide bonds. The SMILES string of the molecule is COC(=O)c1occc1CN(Cc1ccccc1F)C1CC1. The smallest absolute Gasteiger partial charge is 0.374 e. The molecule has 1 aromatic carbocycles. The fraction of sp³-hybridized carbons (Fsp3) is 0.353. The first-order valence-corrected chi connectivity index (χ1v) is 7.31. The van der Waals surface area contributed by atoms with Gasteiger partial charge >= 0.3 is 5.97 Å². The molecule has 0 spiro atoms. The van der Waals surface area contributed by atoms with Crippen molar-refractivity contribution in [2.45, 2.75) is 32.0 Å². The molecule has 116 valence electrons. The summed E-state index contributed by atoms with van der Waals surface area (Å²) >= 11 is 0. The van der Waals surface area contributed by atoms with Crippen molar-refractivity contribution in [3.8, 4) is 0 Å². The Bertz CT molecular complexity index is 663. The van der Waals surface area contributed by atoms with Crippen LogP contribution in [0, 0.1) is 5.82 Å². The molecule has 0 radical (unpaired) electrons. The molecule has 0 atom stereocenters. The van der Waals surface area contributed by atoms with E-state index in [1.165, 1.54) is 19.4 Å². The lowest BCUT2D eigenvalue weighted by Gasteiger charge is -2.22. The Balaban J connectivity index is 1.77. The summed E-state index contributed by atoms with van der Waals surface area (Å²) in [4.78, 5) is 13.9. The van der Waals surface area contributed by atoms with Crippen LogP contribution in [0.2, 0.25) is 0 Å². The second-order valence-electron chi connectivity index (χ2n) is 5.49. The molecular weight excluding hydrogens is 285 g/mol. The van der Waals surface area contributed by atoms with Crippen LogP contribution in [0.1, 0.15) is 34.5 Å². The van der Waals surface area contributed by atoms with Crippen molar-refractivity contribution < 1.29 is 18.3 Å². The Morgan fingerprint density at radius 1 is 1.27 bits per heavy atom. The van der Waals surface area contributed by atoms with Gasteiger partial charge in [-0.25, -0.2) is 9.18 Å². The molecular formula is C17H18FNO3. The average Bonchev–Trinajstić information content (AvgIpc) is 3.27. The van der Waals surface area contributed by atoms with Gasteiger partial charge in [-0.05, 0) is 25.0 Å². The summed E-state index contributed by atoms with van der Waals surface area (Å²) in [6.45, 7) is 1.06. The van der Waals surface area contributed by atoms with Crippen LogP contribution >= 0.6 is 0 Å². The van der Waals surface area contributed by atoms with Crippen molar-refractivity contribution in [2.24, 2.45) is 0 Å². The summed E-state index contributed by atoms with van der Waals surface area (Å²) in [5.74, 6) is -0.461. The molecule has 0 bridgehead atoms. The zero-order valence-corrected chi connectivity index (χ0v) is 12.4. The summed E-state index contributed by atoms with van der Waals surface area (Å²) in [6, 6.07) is 8.98. The zero-order valence-electron chi connectivity index (χ0n) is 12.4. The highest BCUT2D eigenvalue weighted by Crippen LogP contribution is 2.31. The maximum absolute atomic E-state index is 13.9. The predicted molar refractivity (Wildman–Crippen MR) is 78.7 cm³/mol. The number of benzene rings is 1. The molecule has 0 N–H and O–H groups in total. The lowest BCUT2D eigenvalue weighted by molar-refractivity contribution is 0.0561. The molecule has 1 fully saturated rings. The van der Waals surface area contributed by atoms with E-state index in [-0.39, 0.29) is 11.6 Å². The number of esters is 1. The van der Waals surface area contributed by atoms with Crippen LogP contribution in [0.4, 0.5) is 4.39 Å². The van der Waals surface area contributed by atoms with Crippen molar-refractivity contribution in [3.63, 3.8) is 0 Å². The summed E-state index contributed by atoms with van der Waals surface area (Å²) in [5, 5.41) is 0. The number of nitrogens with zero attached hydrogens (tertiary/aromatic N) is 1. The van der Waals surface area contributed by atoms with Crippen LogP contribution in [-0.2, 0) is 17.8 Å². The topological polar surface area (TPSA) is 42.7 Å². The van der Waals surface area contributed by atoms with Gasteiger partial charge in [-0.15, -0.1) is 0 Å². The maximum atomic E-state index is 13.9. The number of hydrogen-bond acceptors (Lipinski definition) is 4. The minimum absolute atomic E-state index is 0.200. The molecule has 0 saturated heterocycles. The molecule has 1 heterocycles. The van der Waals surface area contributed by atoms with Gasteiger partial charge in [0.05, 0.1) is 13.4 Å². The van der Waals surface area contributed by atoms with E-state index in [9.17, 15) is 9.18 Å². The van der Waals surface area contributed by atoms with E-state index < -0.39 is 5.97 Å². The number of carbonyl (C=O) groups is 1. The number of furan rings is 1. The maximum Gasteiger partial charge on any atom is 0.374 e. The first-order chi connectivity index (χ1) is 10.7. The van der Waals surface area contributed by atoms with Crippen molar-refractivity contribution >= 4 is 5.97 Å². The van der Waals surface area contributed by atoms with E-state index in [2.05, 4.69) is 4.90 Å². The normalized spacial score (nSPS) is 14.3. The molecule has 1 aliphatic rings. The van der Waals surface area contributed by atoms with E-state index in [1.54, 1.807) is 18.2 Å². The molecule has 0 unspecified atom stereocenters. The lowest BCUT2D eigenvalue weighted by Crippen LogP contribution is -2.26. The number of rotatable bonds is 6. The molecule has 1 aromatic heterocycles. The fourth-order valence-corrected chi connectivity index (χ4v) is 2.55. The first kappa shape index (κ1) is 14.8. The third kappa shape index (κ3) is 3.20. The van der Waals surface area contributed by atoms with Gasteiger partial charge in [0.25, 0.3) is 0 Å². The molecule has 4 nitrogen and oxygen atoms in total. The molecule has 2 aromatic rings. The van der Waals surface area contributed by atoms with Gasteiger partial charge in [-0.2, -0.15) is 0 Å². The number of ether oxygens (including phenoxy) is 1. The number of methoxy groups -OCH3 is 1. The van der Waals surface area contributed by atoms with E-state index in [1.807, 2.05) is 6.07 Å². The summed E-state index contributed by atoms with van der Waals surface area (Å²) < 4.78 is 23.8. The lowest BCUT2D eigenvalue weighted by atomic mass is 10.1. The monoisotopic (exact) mass is 303 g/mol. The highest BCUT2D eigenvalue weighted by molar-refractivity contribution is 5.87. The van der Waals surface area contributed by atoms with E-state index >= 15 is 0 Å². The number of carbonyl (C=O) groups excluding carboxylic acids is 1. The van der Waals surface area contributed by atoms with Crippen LogP contribution in [0.5, 0.6) is 0 Å². The van der Waals surface area contributed by atoms with Gasteiger partial charge in [-0.3, -0.25) is 4.90 Å². The van der Waals surface area contributed by atoms with Gasteiger partial charge < -0.3 is 9.15 Å². The molecule has 0 aliphatic heterocycles. The van der Waals surface area contributed by atoms with Crippen LogP contribution in [0.25, 0.3) is 0 Å². The van der Waals surface area contributed by atoms with E-state index in [4.69, 9.17) is 9.15 Å². The van der Waals surface area contributed by atoms with E-state index in [0.29, 0.717) is 24.7 Å². The minimum Gasteiger partial charge on any atom is -0.463 e. The van der Waals surface area contributed by atoms with Crippen molar-refractivity contribution in [1.82, 2.24) is 4.90 Å². The van der Waals surface area contributed by atoms with Gasteiger partial charge in [0.15, 0.2) is 0 Å². The first-order valence-electron chi connectivity index (χ1n) is 7.31. The third-order valence-electron chi connectivity index (χ3n) is 3.89. The third-order valence-corrected chi connectivity index (χ3v) is 3.89. The summed E-state index contributed by atoms with van der Waals surface area (Å²) in [7, 11) is 1.33. The van der Waals surface area contributed by atoms with Gasteiger partial charge in [-0.1, -0.05) is 18.2 Å². The Morgan fingerprint density at radius 2 is 2.00 bits per heavy atom. The van der Waals surface area contributed by atoms with Crippen molar-refractivity contribution in [3.05, 3.63) is 59.3 Å². The van der Waals surface area contributed by atoms with E-state index in [0.717, 1.165) is 18.4 Å². The van der Waals surface area contributed by atoms with Gasteiger partial charge in [0, 0.05) is 30.3 Å². The van der Waals surface area contributed by atoms with Crippen LogP contribution in [0.3, 0.4) is 0 Å². The molecule has 1 saturated carbocycles. The Labute approximate surface area is 128 Å². The van der Waals surface area contributed by atoms with Crippen LogP contribution < -0.4 is 0 Å². The highest BCUT2D eigenvalue weighted by atomic mass is 19.1. The second-order valence-corrected chi connectivity index (χ2v) is 5.49. The molecule has 5 heteroatoms. The Hall–Kier alpha value is -2.14. The zero-order chi connectivity index (χ0) is 15.5. The van der Waals surface area contributed by atoms with Gasteiger partial charge in [0.1, 0.15) is 5.82 Å². The van der Waals surface area contributed by atoms with Crippen LogP contribution in [0.15, 0.2) is 41.0 Å². The largest absolute Gasteiger partial charge is 0.463 e. The Kier molecular flexibility index (Phi) is 4.24. The number of halogens is 1. The standard InChI is InChI=1S/C17H18FNO3/c1-21-17(20)16-13(8-9-22-16)11-19(14-6-7-14)10-12-4-2-3-5-15(12)18/h2-5,8-9,14H,6-7,10-11H2,1H3. The molecule has 3 rings (SSSR count).